The van der Waals surface area contributed by atoms with Gasteiger partial charge in [0.2, 0.25) is 0 Å². The molecule has 3 heterocycles. The molecular weight excluding hydrogens is 246 g/mol. The highest BCUT2D eigenvalue weighted by Crippen LogP contribution is 2.33. The van der Waals surface area contributed by atoms with Crippen molar-refractivity contribution in [2.75, 3.05) is 19.7 Å². The first-order valence-corrected chi connectivity index (χ1v) is 6.44. The number of hydrogen-bond donors (Lipinski definition) is 0. The fraction of sp³-hybridized carbons (Fsp3) is 0.538. The highest BCUT2D eigenvalue weighted by molar-refractivity contribution is 5.98. The molecule has 1 spiro atoms. The summed E-state index contributed by atoms with van der Waals surface area (Å²) < 4.78 is 5.61. The van der Waals surface area contributed by atoms with Gasteiger partial charge in [0, 0.05) is 25.8 Å². The third-order valence-electron chi connectivity index (χ3n) is 3.82. The molecule has 1 aromatic heterocycles. The number of Topliss-reactive ketones (excluding diaryl/α,β-unsaturated/α-hetero) is 1. The zero-order valence-electron chi connectivity index (χ0n) is 10.5. The fourth-order valence-corrected chi connectivity index (χ4v) is 2.72. The van der Waals surface area contributed by atoms with Crippen LogP contribution in [0.5, 0.6) is 0 Å². The summed E-state index contributed by atoms with van der Waals surface area (Å²) in [5.41, 5.74) is -0.297. The predicted molar refractivity (Wildman–Crippen MR) is 65.5 cm³/mol. The monoisotopic (exact) mass is 261 g/mol. The molecule has 1 atom stereocenters. The Kier molecular flexibility index (Phi) is 3.02. The van der Waals surface area contributed by atoms with E-state index in [1.165, 1.54) is 17.4 Å². The Hall–Kier alpha value is -1.82. The quantitative estimate of drug-likeness (QED) is 0.733. The van der Waals surface area contributed by atoms with Crippen molar-refractivity contribution in [1.82, 2.24) is 14.9 Å². The van der Waals surface area contributed by atoms with Crippen LogP contribution >= 0.6 is 0 Å². The van der Waals surface area contributed by atoms with Crippen molar-refractivity contribution >= 4 is 11.7 Å². The molecule has 1 amide bonds. The molecule has 3 rings (SSSR count). The maximum absolute atomic E-state index is 12.2. The molecule has 0 saturated carbocycles. The average Bonchev–Trinajstić information content (AvgIpc) is 2.92. The van der Waals surface area contributed by atoms with Crippen LogP contribution in [-0.4, -0.2) is 51.9 Å². The van der Waals surface area contributed by atoms with E-state index in [-0.39, 0.29) is 18.2 Å². The van der Waals surface area contributed by atoms with Crippen LogP contribution in [0.2, 0.25) is 0 Å². The average molecular weight is 261 g/mol. The third-order valence-corrected chi connectivity index (χ3v) is 3.82. The van der Waals surface area contributed by atoms with Crippen molar-refractivity contribution in [2.45, 2.75) is 24.9 Å². The Morgan fingerprint density at radius 2 is 2.32 bits per heavy atom. The number of ketones is 1. The summed E-state index contributed by atoms with van der Waals surface area (Å²) in [6, 6.07) is 1.56. The molecule has 6 nitrogen and oxygen atoms in total. The molecule has 6 heteroatoms. The van der Waals surface area contributed by atoms with Crippen molar-refractivity contribution < 1.29 is 14.3 Å². The van der Waals surface area contributed by atoms with Crippen LogP contribution in [0.25, 0.3) is 0 Å². The first-order valence-electron chi connectivity index (χ1n) is 6.44. The predicted octanol–water partition coefficient (Wildman–Crippen LogP) is 0.441. The van der Waals surface area contributed by atoms with Crippen LogP contribution < -0.4 is 0 Å². The van der Waals surface area contributed by atoms with Gasteiger partial charge in [0.1, 0.15) is 17.6 Å². The lowest BCUT2D eigenvalue weighted by Crippen LogP contribution is -2.53. The fourth-order valence-electron chi connectivity index (χ4n) is 2.72. The van der Waals surface area contributed by atoms with Gasteiger partial charge < -0.3 is 9.64 Å². The van der Waals surface area contributed by atoms with Gasteiger partial charge in [-0.1, -0.05) is 0 Å². The largest absolute Gasteiger partial charge is 0.367 e. The summed E-state index contributed by atoms with van der Waals surface area (Å²) in [4.78, 5) is 33.6. The third kappa shape index (κ3) is 2.12. The van der Waals surface area contributed by atoms with Crippen molar-refractivity contribution in [3.63, 3.8) is 0 Å². The second kappa shape index (κ2) is 4.70. The number of ether oxygens (including phenoxy) is 1. The zero-order valence-corrected chi connectivity index (χ0v) is 10.5. The smallest absolute Gasteiger partial charge is 0.272 e. The zero-order chi connectivity index (χ0) is 13.3. The first-order chi connectivity index (χ1) is 9.21. The normalized spacial score (nSPS) is 26.9. The Labute approximate surface area is 110 Å². The van der Waals surface area contributed by atoms with Gasteiger partial charge in [0.05, 0.1) is 6.54 Å². The highest BCUT2D eigenvalue weighted by Gasteiger charge is 2.46. The molecule has 2 aliphatic rings. The van der Waals surface area contributed by atoms with E-state index in [0.29, 0.717) is 25.3 Å². The molecule has 0 aliphatic carbocycles. The van der Waals surface area contributed by atoms with Gasteiger partial charge in [-0.05, 0) is 18.9 Å². The van der Waals surface area contributed by atoms with Crippen molar-refractivity contribution in [1.29, 1.82) is 0 Å². The van der Waals surface area contributed by atoms with Crippen molar-refractivity contribution in [3.8, 4) is 0 Å². The summed E-state index contributed by atoms with van der Waals surface area (Å²) >= 11 is 0. The summed E-state index contributed by atoms with van der Waals surface area (Å²) in [7, 11) is 0. The van der Waals surface area contributed by atoms with Crippen LogP contribution in [-0.2, 0) is 9.53 Å². The number of carbonyl (C=O) groups is 2. The summed E-state index contributed by atoms with van der Waals surface area (Å²) in [5, 5.41) is 0. The molecule has 2 fully saturated rings. The number of likely N-dealkylation sites (tertiary alicyclic amines) is 1. The van der Waals surface area contributed by atoms with Crippen molar-refractivity contribution in [3.05, 3.63) is 24.3 Å². The lowest BCUT2D eigenvalue weighted by atomic mass is 9.87. The maximum atomic E-state index is 12.2. The van der Waals surface area contributed by atoms with E-state index in [4.69, 9.17) is 4.74 Å². The van der Waals surface area contributed by atoms with Gasteiger partial charge >= 0.3 is 0 Å². The molecule has 0 bridgehead atoms. The SMILES string of the molecule is O=C(c1ccncn1)N1CC[C@@]2(CCCO2)C(=O)C1. The maximum Gasteiger partial charge on any atom is 0.272 e. The summed E-state index contributed by atoms with van der Waals surface area (Å²) in [5.74, 6) is -0.206. The van der Waals surface area contributed by atoms with E-state index in [1.54, 1.807) is 6.07 Å². The Morgan fingerprint density at radius 3 is 2.95 bits per heavy atom. The van der Waals surface area contributed by atoms with Crippen molar-refractivity contribution in [2.24, 2.45) is 0 Å². The number of aromatic nitrogens is 2. The minimum Gasteiger partial charge on any atom is -0.367 e. The van der Waals surface area contributed by atoms with Crippen LogP contribution in [0.15, 0.2) is 18.6 Å². The number of piperidine rings is 1. The second-order valence-electron chi connectivity index (χ2n) is 4.94. The van der Waals surface area contributed by atoms with E-state index in [0.717, 1.165) is 12.8 Å². The molecule has 0 aromatic carbocycles. The van der Waals surface area contributed by atoms with E-state index in [1.807, 2.05) is 0 Å². The van der Waals surface area contributed by atoms with Gasteiger partial charge in [-0.2, -0.15) is 0 Å². The molecular formula is C13H15N3O3. The van der Waals surface area contributed by atoms with E-state index >= 15 is 0 Å². The molecule has 2 saturated heterocycles. The molecule has 100 valence electrons. The summed E-state index contributed by atoms with van der Waals surface area (Å²) in [6.45, 7) is 1.29. The van der Waals surface area contributed by atoms with Crippen LogP contribution in [0.4, 0.5) is 0 Å². The minimum absolute atomic E-state index is 0.0126. The molecule has 0 N–H and O–H groups in total. The number of carbonyl (C=O) groups excluding carboxylic acids is 2. The standard InChI is InChI=1S/C13H15N3O3/c17-11-8-16(6-4-13(11)3-1-7-19-13)12(18)10-2-5-14-9-15-10/h2,5,9H,1,3-4,6-8H2/t13-/m0/s1. The van der Waals surface area contributed by atoms with E-state index in [2.05, 4.69) is 9.97 Å². The Balaban J connectivity index is 1.72. The van der Waals surface area contributed by atoms with Gasteiger partial charge in [-0.15, -0.1) is 0 Å². The Bertz CT molecular complexity index is 497. The topological polar surface area (TPSA) is 72.4 Å². The van der Waals surface area contributed by atoms with E-state index < -0.39 is 5.60 Å². The highest BCUT2D eigenvalue weighted by atomic mass is 16.5. The van der Waals surface area contributed by atoms with Gasteiger partial charge in [0.15, 0.2) is 5.78 Å². The number of rotatable bonds is 1. The summed E-state index contributed by atoms with van der Waals surface area (Å²) in [6.07, 6.45) is 5.14. The number of amides is 1. The molecule has 19 heavy (non-hydrogen) atoms. The number of hydrogen-bond acceptors (Lipinski definition) is 5. The van der Waals surface area contributed by atoms with Gasteiger partial charge in [-0.3, -0.25) is 9.59 Å². The molecule has 1 aromatic rings. The van der Waals surface area contributed by atoms with Crippen LogP contribution in [0.1, 0.15) is 29.8 Å². The molecule has 0 radical (unpaired) electrons. The van der Waals surface area contributed by atoms with Crippen LogP contribution in [0.3, 0.4) is 0 Å². The second-order valence-corrected chi connectivity index (χ2v) is 4.94. The number of nitrogens with zero attached hydrogens (tertiary/aromatic N) is 3. The lowest BCUT2D eigenvalue weighted by Gasteiger charge is -2.36. The molecule has 2 aliphatic heterocycles. The van der Waals surface area contributed by atoms with Crippen LogP contribution in [0, 0.1) is 0 Å². The molecule has 0 unspecified atom stereocenters. The van der Waals surface area contributed by atoms with Gasteiger partial charge in [0.25, 0.3) is 5.91 Å². The first kappa shape index (κ1) is 12.2. The minimum atomic E-state index is -0.623. The van der Waals surface area contributed by atoms with Gasteiger partial charge in [-0.25, -0.2) is 9.97 Å². The van der Waals surface area contributed by atoms with E-state index in [9.17, 15) is 9.59 Å². The Morgan fingerprint density at radius 1 is 1.42 bits per heavy atom. The lowest BCUT2D eigenvalue weighted by molar-refractivity contribution is -0.144.